The molecule has 0 aliphatic carbocycles. The van der Waals surface area contributed by atoms with Crippen molar-refractivity contribution >= 4 is 5.91 Å². The topological polar surface area (TPSA) is 71.7 Å². The maximum atomic E-state index is 12.5. The number of aliphatic hydroxyl groups is 1. The first kappa shape index (κ1) is 16.0. The molecule has 1 fully saturated rings. The molecule has 2 N–H and O–H groups in total. The highest BCUT2D eigenvalue weighted by atomic mass is 16.5. The standard InChI is InChI=1S/C16H25NO4/c1-16(2,10-12-5-8-20-9-6-12)15(19)17-13(11-18)14-4-3-7-21-14/h3-4,7,12-13,18H,5-6,8-11H2,1-2H3,(H,17,19). The van der Waals surface area contributed by atoms with E-state index in [1.165, 1.54) is 6.26 Å². The third kappa shape index (κ3) is 4.32. The van der Waals surface area contributed by atoms with Crippen molar-refractivity contribution in [3.63, 3.8) is 0 Å². The molecule has 1 atom stereocenters. The van der Waals surface area contributed by atoms with Crippen LogP contribution in [0.2, 0.25) is 0 Å². The summed E-state index contributed by atoms with van der Waals surface area (Å²) in [6.07, 6.45) is 4.40. The molecule has 5 heteroatoms. The smallest absolute Gasteiger partial charge is 0.226 e. The normalized spacial score (nSPS) is 18.4. The summed E-state index contributed by atoms with van der Waals surface area (Å²) in [5, 5.41) is 12.3. The van der Waals surface area contributed by atoms with Gasteiger partial charge in [0.1, 0.15) is 11.8 Å². The number of hydrogen-bond donors (Lipinski definition) is 2. The Hall–Kier alpha value is -1.33. The number of hydrogen-bond acceptors (Lipinski definition) is 4. The third-order valence-electron chi connectivity index (χ3n) is 4.13. The van der Waals surface area contributed by atoms with Crippen LogP contribution < -0.4 is 5.32 Å². The van der Waals surface area contributed by atoms with Gasteiger partial charge in [-0.25, -0.2) is 0 Å². The van der Waals surface area contributed by atoms with Crippen molar-refractivity contribution in [3.05, 3.63) is 24.2 Å². The lowest BCUT2D eigenvalue weighted by Crippen LogP contribution is -2.41. The van der Waals surface area contributed by atoms with Gasteiger partial charge < -0.3 is 19.6 Å². The maximum absolute atomic E-state index is 12.5. The fraction of sp³-hybridized carbons (Fsp3) is 0.688. The summed E-state index contributed by atoms with van der Waals surface area (Å²) in [7, 11) is 0. The Kier molecular flexibility index (Phi) is 5.42. The minimum Gasteiger partial charge on any atom is -0.467 e. The summed E-state index contributed by atoms with van der Waals surface area (Å²) in [5.74, 6) is 1.05. The Balaban J connectivity index is 1.93. The summed E-state index contributed by atoms with van der Waals surface area (Å²) < 4.78 is 10.6. The molecule has 1 saturated heterocycles. The Morgan fingerprint density at radius 2 is 2.19 bits per heavy atom. The van der Waals surface area contributed by atoms with Gasteiger partial charge in [0.05, 0.1) is 12.9 Å². The van der Waals surface area contributed by atoms with E-state index in [-0.39, 0.29) is 12.5 Å². The number of rotatable bonds is 6. The van der Waals surface area contributed by atoms with Crippen LogP contribution in [0.4, 0.5) is 0 Å². The molecule has 5 nitrogen and oxygen atoms in total. The van der Waals surface area contributed by atoms with Crippen LogP contribution in [0.15, 0.2) is 22.8 Å². The molecule has 1 aliphatic heterocycles. The summed E-state index contributed by atoms with van der Waals surface area (Å²) in [6, 6.07) is 3.02. The predicted molar refractivity (Wildman–Crippen MR) is 78.6 cm³/mol. The molecule has 1 amide bonds. The fourth-order valence-electron chi connectivity index (χ4n) is 2.81. The van der Waals surface area contributed by atoms with E-state index in [1.54, 1.807) is 12.1 Å². The van der Waals surface area contributed by atoms with E-state index in [0.29, 0.717) is 11.7 Å². The molecule has 0 saturated carbocycles. The number of ether oxygens (including phenoxy) is 1. The van der Waals surface area contributed by atoms with Crippen LogP contribution in [0.1, 0.15) is 44.9 Å². The van der Waals surface area contributed by atoms with Crippen molar-refractivity contribution in [2.75, 3.05) is 19.8 Å². The molecule has 0 aromatic carbocycles. The van der Waals surface area contributed by atoms with Crippen molar-refractivity contribution in [1.29, 1.82) is 0 Å². The van der Waals surface area contributed by atoms with Gasteiger partial charge in [-0.2, -0.15) is 0 Å². The first-order chi connectivity index (χ1) is 10.0. The monoisotopic (exact) mass is 295 g/mol. The molecule has 2 rings (SSSR count). The van der Waals surface area contributed by atoms with E-state index >= 15 is 0 Å². The van der Waals surface area contributed by atoms with E-state index in [1.807, 2.05) is 13.8 Å². The number of carbonyl (C=O) groups excluding carboxylic acids is 1. The van der Waals surface area contributed by atoms with Crippen LogP contribution in [0.5, 0.6) is 0 Å². The highest BCUT2D eigenvalue weighted by Crippen LogP contribution is 2.31. The minimum atomic E-state index is -0.485. The van der Waals surface area contributed by atoms with Gasteiger partial charge in [-0.3, -0.25) is 4.79 Å². The SMILES string of the molecule is CC(C)(CC1CCOCC1)C(=O)NC(CO)c1ccco1. The molecule has 1 aliphatic rings. The second-order valence-electron chi connectivity index (χ2n) is 6.37. The summed E-state index contributed by atoms with van der Waals surface area (Å²) in [4.78, 5) is 12.5. The van der Waals surface area contributed by atoms with Crippen molar-refractivity contribution in [2.24, 2.45) is 11.3 Å². The zero-order valence-electron chi connectivity index (χ0n) is 12.8. The van der Waals surface area contributed by atoms with E-state index in [4.69, 9.17) is 9.15 Å². The Morgan fingerprint density at radius 3 is 2.76 bits per heavy atom. The molecular weight excluding hydrogens is 270 g/mol. The summed E-state index contributed by atoms with van der Waals surface area (Å²) >= 11 is 0. The van der Waals surface area contributed by atoms with Crippen LogP contribution in [0.3, 0.4) is 0 Å². The molecule has 0 bridgehead atoms. The highest BCUT2D eigenvalue weighted by Gasteiger charge is 2.33. The number of amides is 1. The number of aliphatic hydroxyl groups excluding tert-OH is 1. The van der Waals surface area contributed by atoms with Gasteiger partial charge >= 0.3 is 0 Å². The Labute approximate surface area is 125 Å². The quantitative estimate of drug-likeness (QED) is 0.844. The van der Waals surface area contributed by atoms with Gasteiger partial charge in [-0.05, 0) is 37.3 Å². The minimum absolute atomic E-state index is 0.0514. The average Bonchev–Trinajstić information content (AvgIpc) is 2.99. The van der Waals surface area contributed by atoms with E-state index in [9.17, 15) is 9.90 Å². The largest absolute Gasteiger partial charge is 0.467 e. The van der Waals surface area contributed by atoms with Crippen LogP contribution in [0.25, 0.3) is 0 Å². The van der Waals surface area contributed by atoms with Crippen molar-refractivity contribution < 1.29 is 19.1 Å². The first-order valence-corrected chi connectivity index (χ1v) is 7.56. The lowest BCUT2D eigenvalue weighted by atomic mass is 9.79. The van der Waals surface area contributed by atoms with Crippen LogP contribution in [0, 0.1) is 11.3 Å². The van der Waals surface area contributed by atoms with E-state index in [0.717, 1.165) is 32.5 Å². The van der Waals surface area contributed by atoms with Gasteiger partial charge in [-0.1, -0.05) is 13.8 Å². The fourth-order valence-corrected chi connectivity index (χ4v) is 2.81. The average molecular weight is 295 g/mol. The van der Waals surface area contributed by atoms with Crippen LogP contribution in [-0.2, 0) is 9.53 Å². The highest BCUT2D eigenvalue weighted by molar-refractivity contribution is 5.82. The van der Waals surface area contributed by atoms with Gasteiger partial charge in [0.15, 0.2) is 0 Å². The first-order valence-electron chi connectivity index (χ1n) is 7.56. The van der Waals surface area contributed by atoms with Gasteiger partial charge in [-0.15, -0.1) is 0 Å². The van der Waals surface area contributed by atoms with Crippen LogP contribution in [-0.4, -0.2) is 30.8 Å². The molecule has 21 heavy (non-hydrogen) atoms. The third-order valence-corrected chi connectivity index (χ3v) is 4.13. The molecule has 1 aromatic rings. The zero-order chi connectivity index (χ0) is 15.3. The van der Waals surface area contributed by atoms with Crippen molar-refractivity contribution in [1.82, 2.24) is 5.32 Å². The molecule has 1 aromatic heterocycles. The molecule has 2 heterocycles. The van der Waals surface area contributed by atoms with Gasteiger partial charge in [0, 0.05) is 18.6 Å². The predicted octanol–water partition coefficient (Wildman–Crippen LogP) is 2.27. The second-order valence-corrected chi connectivity index (χ2v) is 6.37. The second kappa shape index (κ2) is 7.09. The van der Waals surface area contributed by atoms with Crippen LogP contribution >= 0.6 is 0 Å². The maximum Gasteiger partial charge on any atom is 0.226 e. The molecule has 118 valence electrons. The molecule has 0 spiro atoms. The van der Waals surface area contributed by atoms with E-state index < -0.39 is 11.5 Å². The molecular formula is C16H25NO4. The molecule has 0 radical (unpaired) electrons. The Bertz CT molecular complexity index is 435. The lowest BCUT2D eigenvalue weighted by Gasteiger charge is -2.31. The summed E-state index contributed by atoms with van der Waals surface area (Å²) in [6.45, 7) is 5.30. The lowest BCUT2D eigenvalue weighted by molar-refractivity contribution is -0.132. The zero-order valence-corrected chi connectivity index (χ0v) is 12.8. The van der Waals surface area contributed by atoms with Gasteiger partial charge in [0.25, 0.3) is 0 Å². The van der Waals surface area contributed by atoms with Crippen molar-refractivity contribution in [2.45, 2.75) is 39.2 Å². The summed E-state index contributed by atoms with van der Waals surface area (Å²) in [5.41, 5.74) is -0.470. The van der Waals surface area contributed by atoms with Crippen molar-refractivity contribution in [3.8, 4) is 0 Å². The molecule has 1 unspecified atom stereocenters. The number of furan rings is 1. The van der Waals surface area contributed by atoms with Gasteiger partial charge in [0.2, 0.25) is 5.91 Å². The Morgan fingerprint density at radius 1 is 1.48 bits per heavy atom. The number of carbonyl (C=O) groups is 1. The number of nitrogens with one attached hydrogen (secondary N) is 1. The van der Waals surface area contributed by atoms with E-state index in [2.05, 4.69) is 5.32 Å².